The third-order valence-electron chi connectivity index (χ3n) is 3.52. The van der Waals surface area contributed by atoms with Crippen LogP contribution in [0.15, 0.2) is 42.5 Å². The summed E-state index contributed by atoms with van der Waals surface area (Å²) in [7, 11) is 1.57. The van der Waals surface area contributed by atoms with E-state index < -0.39 is 0 Å². The number of aryl methyl sites for hydroxylation is 2. The van der Waals surface area contributed by atoms with Crippen LogP contribution >= 0.6 is 0 Å². The summed E-state index contributed by atoms with van der Waals surface area (Å²) in [5, 5.41) is 3.01. The van der Waals surface area contributed by atoms with Crippen molar-refractivity contribution in [3.63, 3.8) is 0 Å². The van der Waals surface area contributed by atoms with Gasteiger partial charge in [-0.1, -0.05) is 41.5 Å². The molecule has 3 heteroatoms. The van der Waals surface area contributed by atoms with E-state index >= 15 is 0 Å². The fraction of sp³-hybridized carbons (Fsp3) is 0.278. The van der Waals surface area contributed by atoms with Gasteiger partial charge in [-0.25, -0.2) is 0 Å². The molecule has 1 atom stereocenters. The van der Waals surface area contributed by atoms with Crippen LogP contribution in [-0.4, -0.2) is 13.0 Å². The van der Waals surface area contributed by atoms with Gasteiger partial charge in [0.05, 0.1) is 18.7 Å². The maximum absolute atomic E-state index is 12.4. The monoisotopic (exact) mass is 283 g/mol. The van der Waals surface area contributed by atoms with E-state index in [1.807, 2.05) is 63.2 Å². The quantitative estimate of drug-likeness (QED) is 0.926. The maximum Gasteiger partial charge on any atom is 0.255 e. The average Bonchev–Trinajstić information content (AvgIpc) is 2.47. The van der Waals surface area contributed by atoms with Crippen molar-refractivity contribution in [3.05, 3.63) is 64.7 Å². The summed E-state index contributed by atoms with van der Waals surface area (Å²) in [6, 6.07) is 13.7. The smallest absolute Gasteiger partial charge is 0.255 e. The lowest BCUT2D eigenvalue weighted by molar-refractivity contribution is 0.0936. The molecule has 0 saturated heterocycles. The van der Waals surface area contributed by atoms with Gasteiger partial charge < -0.3 is 10.1 Å². The standard InChI is InChI=1S/C18H21NO2/c1-12-5-8-15(9-6-12)14(3)19-18(20)16-11-13(2)7-10-17(16)21-4/h5-11,14H,1-4H3,(H,19,20). The van der Waals surface area contributed by atoms with Gasteiger partial charge in [-0.2, -0.15) is 0 Å². The Labute approximate surface area is 126 Å². The first-order valence-electron chi connectivity index (χ1n) is 7.03. The number of carbonyl (C=O) groups is 1. The summed E-state index contributed by atoms with van der Waals surface area (Å²) in [6.45, 7) is 5.98. The summed E-state index contributed by atoms with van der Waals surface area (Å²) in [6.07, 6.45) is 0. The summed E-state index contributed by atoms with van der Waals surface area (Å²) < 4.78 is 5.26. The van der Waals surface area contributed by atoms with Crippen molar-refractivity contribution in [1.82, 2.24) is 5.32 Å². The second kappa shape index (κ2) is 6.44. The lowest BCUT2D eigenvalue weighted by atomic mass is 10.1. The predicted molar refractivity (Wildman–Crippen MR) is 84.8 cm³/mol. The molecule has 2 aromatic carbocycles. The highest BCUT2D eigenvalue weighted by Crippen LogP contribution is 2.21. The lowest BCUT2D eigenvalue weighted by Crippen LogP contribution is -2.27. The molecule has 0 bridgehead atoms. The Morgan fingerprint density at radius 1 is 1.05 bits per heavy atom. The van der Waals surface area contributed by atoms with Crippen LogP contribution in [0.25, 0.3) is 0 Å². The molecule has 1 unspecified atom stereocenters. The van der Waals surface area contributed by atoms with Gasteiger partial charge in [0.15, 0.2) is 0 Å². The number of methoxy groups -OCH3 is 1. The van der Waals surface area contributed by atoms with E-state index in [0.29, 0.717) is 11.3 Å². The van der Waals surface area contributed by atoms with Crippen LogP contribution in [0.5, 0.6) is 5.75 Å². The van der Waals surface area contributed by atoms with Crippen LogP contribution in [0.2, 0.25) is 0 Å². The number of carbonyl (C=O) groups excluding carboxylic acids is 1. The minimum Gasteiger partial charge on any atom is -0.496 e. The molecular weight excluding hydrogens is 262 g/mol. The molecule has 0 radical (unpaired) electrons. The molecule has 0 spiro atoms. The first kappa shape index (κ1) is 15.1. The van der Waals surface area contributed by atoms with Crippen LogP contribution in [0.4, 0.5) is 0 Å². The van der Waals surface area contributed by atoms with Gasteiger partial charge in [-0.15, -0.1) is 0 Å². The molecule has 1 amide bonds. The first-order valence-corrected chi connectivity index (χ1v) is 7.03. The molecule has 2 aromatic rings. The van der Waals surface area contributed by atoms with Crippen molar-refractivity contribution in [1.29, 1.82) is 0 Å². The number of amides is 1. The van der Waals surface area contributed by atoms with Gasteiger partial charge in [-0.05, 0) is 38.5 Å². The fourth-order valence-electron chi connectivity index (χ4n) is 2.21. The van der Waals surface area contributed by atoms with E-state index in [4.69, 9.17) is 4.74 Å². The summed E-state index contributed by atoms with van der Waals surface area (Å²) >= 11 is 0. The van der Waals surface area contributed by atoms with E-state index in [-0.39, 0.29) is 11.9 Å². The summed E-state index contributed by atoms with van der Waals surface area (Å²) in [5.41, 5.74) is 3.89. The van der Waals surface area contributed by atoms with Crippen LogP contribution in [0, 0.1) is 13.8 Å². The lowest BCUT2D eigenvalue weighted by Gasteiger charge is -2.16. The van der Waals surface area contributed by atoms with Crippen molar-refractivity contribution in [2.45, 2.75) is 26.8 Å². The Hall–Kier alpha value is -2.29. The third-order valence-corrected chi connectivity index (χ3v) is 3.52. The van der Waals surface area contributed by atoms with E-state index in [1.54, 1.807) is 7.11 Å². The van der Waals surface area contributed by atoms with E-state index in [0.717, 1.165) is 11.1 Å². The molecule has 110 valence electrons. The van der Waals surface area contributed by atoms with E-state index in [2.05, 4.69) is 5.32 Å². The SMILES string of the molecule is COc1ccc(C)cc1C(=O)NC(C)c1ccc(C)cc1. The molecule has 0 aliphatic carbocycles. The Morgan fingerprint density at radius 2 is 1.67 bits per heavy atom. The molecule has 0 fully saturated rings. The second-order valence-electron chi connectivity index (χ2n) is 5.31. The van der Waals surface area contributed by atoms with Crippen LogP contribution in [0.1, 0.15) is 40.0 Å². The van der Waals surface area contributed by atoms with Gasteiger partial charge in [-0.3, -0.25) is 4.79 Å². The summed E-state index contributed by atoms with van der Waals surface area (Å²) in [5.74, 6) is 0.470. The molecule has 2 rings (SSSR count). The highest BCUT2D eigenvalue weighted by molar-refractivity contribution is 5.97. The van der Waals surface area contributed by atoms with Gasteiger partial charge in [0, 0.05) is 0 Å². The van der Waals surface area contributed by atoms with Crippen LogP contribution < -0.4 is 10.1 Å². The molecule has 3 nitrogen and oxygen atoms in total. The van der Waals surface area contributed by atoms with Gasteiger partial charge in [0.25, 0.3) is 5.91 Å². The van der Waals surface area contributed by atoms with Crippen molar-refractivity contribution in [2.75, 3.05) is 7.11 Å². The topological polar surface area (TPSA) is 38.3 Å². The summed E-state index contributed by atoms with van der Waals surface area (Å²) in [4.78, 5) is 12.4. The molecule has 0 aliphatic heterocycles. The minimum atomic E-state index is -0.122. The molecule has 0 heterocycles. The second-order valence-corrected chi connectivity index (χ2v) is 5.31. The zero-order chi connectivity index (χ0) is 15.4. The molecule has 0 aliphatic rings. The number of hydrogen-bond acceptors (Lipinski definition) is 2. The van der Waals surface area contributed by atoms with Crippen molar-refractivity contribution < 1.29 is 9.53 Å². The van der Waals surface area contributed by atoms with Crippen molar-refractivity contribution >= 4 is 5.91 Å². The molecule has 0 aromatic heterocycles. The van der Waals surface area contributed by atoms with E-state index in [9.17, 15) is 4.79 Å². The highest BCUT2D eigenvalue weighted by Gasteiger charge is 2.15. The van der Waals surface area contributed by atoms with Crippen LogP contribution in [0.3, 0.4) is 0 Å². The third kappa shape index (κ3) is 3.63. The Morgan fingerprint density at radius 3 is 2.29 bits per heavy atom. The predicted octanol–water partition coefficient (Wildman–Crippen LogP) is 3.80. The van der Waals surface area contributed by atoms with Crippen molar-refractivity contribution in [3.8, 4) is 5.75 Å². The molecule has 1 N–H and O–H groups in total. The average molecular weight is 283 g/mol. The Bertz CT molecular complexity index is 632. The number of nitrogens with one attached hydrogen (secondary N) is 1. The molecule has 21 heavy (non-hydrogen) atoms. The van der Waals surface area contributed by atoms with Crippen LogP contribution in [-0.2, 0) is 0 Å². The Kier molecular flexibility index (Phi) is 4.63. The fourth-order valence-corrected chi connectivity index (χ4v) is 2.21. The van der Waals surface area contributed by atoms with Gasteiger partial charge in [0.2, 0.25) is 0 Å². The number of rotatable bonds is 4. The number of ether oxygens (including phenoxy) is 1. The normalized spacial score (nSPS) is 11.8. The minimum absolute atomic E-state index is 0.0525. The molecular formula is C18H21NO2. The number of benzene rings is 2. The largest absolute Gasteiger partial charge is 0.496 e. The zero-order valence-electron chi connectivity index (χ0n) is 12.9. The first-order chi connectivity index (χ1) is 10.0. The van der Waals surface area contributed by atoms with Gasteiger partial charge in [0.1, 0.15) is 5.75 Å². The highest BCUT2D eigenvalue weighted by atomic mass is 16.5. The Balaban J connectivity index is 2.17. The number of hydrogen-bond donors (Lipinski definition) is 1. The maximum atomic E-state index is 12.4. The zero-order valence-corrected chi connectivity index (χ0v) is 12.9. The van der Waals surface area contributed by atoms with Crippen molar-refractivity contribution in [2.24, 2.45) is 0 Å². The molecule has 0 saturated carbocycles. The van der Waals surface area contributed by atoms with Gasteiger partial charge >= 0.3 is 0 Å². The van der Waals surface area contributed by atoms with E-state index in [1.165, 1.54) is 5.56 Å².